The Morgan fingerprint density at radius 2 is 1.89 bits per heavy atom. The van der Waals surface area contributed by atoms with Crippen LogP contribution in [0.15, 0.2) is 48.5 Å². The predicted molar refractivity (Wildman–Crippen MR) is 106 cm³/mol. The second-order valence-corrected chi connectivity index (χ2v) is 7.00. The van der Waals surface area contributed by atoms with E-state index in [0.29, 0.717) is 0 Å². The summed E-state index contributed by atoms with van der Waals surface area (Å²) in [6.07, 6.45) is 0. The average molecular weight is 368 g/mol. The lowest BCUT2D eigenvalue weighted by Gasteiger charge is -2.31. The second-order valence-electron chi connectivity index (χ2n) is 7.00. The monoisotopic (exact) mass is 368 g/mol. The van der Waals surface area contributed by atoms with Gasteiger partial charge in [-0.05, 0) is 36.6 Å². The highest BCUT2D eigenvalue weighted by Gasteiger charge is 2.20. The number of nitrogens with one attached hydrogen (secondary N) is 1. The molecule has 1 aliphatic rings. The molecule has 1 aliphatic heterocycles. The number of amides is 1. The number of nitrogens with zero attached hydrogens (tertiary/aromatic N) is 1. The maximum atomic E-state index is 12.6. The Hall–Kier alpha value is -2.37. The number of carbonyl (C=O) groups excluding carboxylic acids is 1. The van der Waals surface area contributed by atoms with Crippen molar-refractivity contribution in [1.82, 2.24) is 10.2 Å². The zero-order valence-corrected chi connectivity index (χ0v) is 16.1. The third-order valence-corrected chi connectivity index (χ3v) is 4.78. The van der Waals surface area contributed by atoms with Crippen LogP contribution < -0.4 is 10.1 Å². The minimum absolute atomic E-state index is 0.0107. The van der Waals surface area contributed by atoms with Gasteiger partial charge in [0.2, 0.25) is 0 Å². The minimum atomic E-state index is -0.113. The van der Waals surface area contributed by atoms with Crippen molar-refractivity contribution in [3.8, 4) is 5.75 Å². The Morgan fingerprint density at radius 1 is 1.15 bits per heavy atom. The first kappa shape index (κ1) is 19.4. The summed E-state index contributed by atoms with van der Waals surface area (Å²) in [6.45, 7) is 8.03. The van der Waals surface area contributed by atoms with Gasteiger partial charge < -0.3 is 14.8 Å². The normalized spacial score (nSPS) is 15.9. The second kappa shape index (κ2) is 9.53. The smallest absolute Gasteiger partial charge is 0.258 e. The molecule has 1 fully saturated rings. The number of morpholine rings is 1. The summed E-state index contributed by atoms with van der Waals surface area (Å²) < 4.78 is 11.2. The highest BCUT2D eigenvalue weighted by Crippen LogP contribution is 2.19. The topological polar surface area (TPSA) is 50.8 Å². The molecule has 3 rings (SSSR count). The fourth-order valence-corrected chi connectivity index (χ4v) is 3.20. The van der Waals surface area contributed by atoms with Gasteiger partial charge >= 0.3 is 0 Å². The van der Waals surface area contributed by atoms with Crippen LogP contribution in [0.5, 0.6) is 5.75 Å². The molecule has 0 radical (unpaired) electrons. The summed E-state index contributed by atoms with van der Waals surface area (Å²) in [5, 5.41) is 3.14. The molecule has 1 amide bonds. The molecule has 2 aromatic rings. The van der Waals surface area contributed by atoms with Crippen molar-refractivity contribution in [1.29, 1.82) is 0 Å². The van der Waals surface area contributed by atoms with Gasteiger partial charge in [-0.15, -0.1) is 0 Å². The van der Waals surface area contributed by atoms with Crippen molar-refractivity contribution in [3.05, 3.63) is 65.2 Å². The molecule has 0 aromatic heterocycles. The molecule has 1 saturated heterocycles. The summed E-state index contributed by atoms with van der Waals surface area (Å²) in [5.74, 6) is 0.646. The molecule has 0 saturated carbocycles. The molecular formula is C22H28N2O3. The zero-order chi connectivity index (χ0) is 19.1. The van der Waals surface area contributed by atoms with E-state index < -0.39 is 0 Å². The molecule has 2 aromatic carbocycles. The van der Waals surface area contributed by atoms with Crippen LogP contribution in [0.4, 0.5) is 0 Å². The van der Waals surface area contributed by atoms with Crippen molar-refractivity contribution in [2.75, 3.05) is 39.5 Å². The van der Waals surface area contributed by atoms with Gasteiger partial charge in [0, 0.05) is 19.6 Å². The lowest BCUT2D eigenvalue weighted by atomic mass is 10.1. The highest BCUT2D eigenvalue weighted by atomic mass is 16.5. The van der Waals surface area contributed by atoms with Gasteiger partial charge in [-0.3, -0.25) is 9.69 Å². The van der Waals surface area contributed by atoms with Crippen molar-refractivity contribution < 1.29 is 14.3 Å². The number of ether oxygens (including phenoxy) is 2. The van der Waals surface area contributed by atoms with E-state index in [1.165, 1.54) is 0 Å². The van der Waals surface area contributed by atoms with Crippen LogP contribution in [-0.4, -0.2) is 50.3 Å². The third-order valence-electron chi connectivity index (χ3n) is 4.78. The first-order chi connectivity index (χ1) is 13.1. The first-order valence-corrected chi connectivity index (χ1v) is 9.46. The van der Waals surface area contributed by atoms with Crippen LogP contribution in [0.3, 0.4) is 0 Å². The van der Waals surface area contributed by atoms with Gasteiger partial charge in [0.25, 0.3) is 5.91 Å². The Labute approximate surface area is 161 Å². The van der Waals surface area contributed by atoms with Crippen molar-refractivity contribution in [2.24, 2.45) is 0 Å². The number of benzene rings is 2. The Bertz CT molecular complexity index is 742. The van der Waals surface area contributed by atoms with Crippen LogP contribution in [0.1, 0.15) is 22.7 Å². The number of aryl methyl sites for hydroxylation is 2. The zero-order valence-electron chi connectivity index (χ0n) is 16.1. The van der Waals surface area contributed by atoms with E-state index in [9.17, 15) is 4.79 Å². The Balaban J connectivity index is 1.62. The Kier molecular flexibility index (Phi) is 6.85. The fourth-order valence-electron chi connectivity index (χ4n) is 3.20. The van der Waals surface area contributed by atoms with Gasteiger partial charge in [-0.1, -0.05) is 42.5 Å². The molecule has 1 heterocycles. The van der Waals surface area contributed by atoms with Gasteiger partial charge in [0.05, 0.1) is 19.3 Å². The van der Waals surface area contributed by atoms with Crippen molar-refractivity contribution in [3.63, 3.8) is 0 Å². The molecule has 5 heteroatoms. The quantitative estimate of drug-likeness (QED) is 0.817. The standard InChI is InChI=1S/C22H28N2O3/c1-17-8-9-18(2)21(14-17)27-16-22(25)23-20(19-6-4-3-5-7-19)15-24-10-12-26-13-11-24/h3-9,14,20H,10-13,15-16H2,1-2H3,(H,23,25). The summed E-state index contributed by atoms with van der Waals surface area (Å²) in [5.41, 5.74) is 3.25. The lowest BCUT2D eigenvalue weighted by molar-refractivity contribution is -0.124. The number of rotatable bonds is 7. The average Bonchev–Trinajstić information content (AvgIpc) is 2.69. The summed E-state index contributed by atoms with van der Waals surface area (Å²) in [4.78, 5) is 14.9. The summed E-state index contributed by atoms with van der Waals surface area (Å²) >= 11 is 0. The van der Waals surface area contributed by atoms with Gasteiger partial charge in [-0.2, -0.15) is 0 Å². The number of carbonyl (C=O) groups is 1. The molecule has 0 aliphatic carbocycles. The maximum Gasteiger partial charge on any atom is 0.258 e. The molecule has 1 unspecified atom stereocenters. The molecule has 0 bridgehead atoms. The largest absolute Gasteiger partial charge is 0.483 e. The SMILES string of the molecule is Cc1ccc(C)c(OCC(=O)NC(CN2CCOCC2)c2ccccc2)c1. The summed E-state index contributed by atoms with van der Waals surface area (Å²) in [6, 6.07) is 16.0. The molecule has 1 N–H and O–H groups in total. The van der Waals surface area contributed by atoms with E-state index in [-0.39, 0.29) is 18.6 Å². The van der Waals surface area contributed by atoms with Crippen molar-refractivity contribution in [2.45, 2.75) is 19.9 Å². The molecule has 144 valence electrons. The maximum absolute atomic E-state index is 12.6. The third kappa shape index (κ3) is 5.81. The van der Waals surface area contributed by atoms with Gasteiger partial charge in [0.15, 0.2) is 6.61 Å². The van der Waals surface area contributed by atoms with E-state index in [0.717, 1.165) is 55.3 Å². The minimum Gasteiger partial charge on any atom is -0.483 e. The highest BCUT2D eigenvalue weighted by molar-refractivity contribution is 5.78. The molecule has 5 nitrogen and oxygen atoms in total. The predicted octanol–water partition coefficient (Wildman–Crippen LogP) is 2.87. The number of hydrogen-bond donors (Lipinski definition) is 1. The summed E-state index contributed by atoms with van der Waals surface area (Å²) in [7, 11) is 0. The van der Waals surface area contributed by atoms with Gasteiger partial charge in [0.1, 0.15) is 5.75 Å². The van der Waals surface area contributed by atoms with Crippen LogP contribution in [0.2, 0.25) is 0 Å². The van der Waals surface area contributed by atoms with Crippen LogP contribution in [0, 0.1) is 13.8 Å². The molecular weight excluding hydrogens is 340 g/mol. The first-order valence-electron chi connectivity index (χ1n) is 9.46. The fraction of sp³-hybridized carbons (Fsp3) is 0.409. The van der Waals surface area contributed by atoms with Crippen molar-refractivity contribution >= 4 is 5.91 Å². The Morgan fingerprint density at radius 3 is 2.63 bits per heavy atom. The number of hydrogen-bond acceptors (Lipinski definition) is 4. The van der Waals surface area contributed by atoms with Gasteiger partial charge in [-0.25, -0.2) is 0 Å². The van der Waals surface area contributed by atoms with E-state index in [4.69, 9.17) is 9.47 Å². The molecule has 1 atom stereocenters. The van der Waals surface area contributed by atoms with Crippen LogP contribution in [0.25, 0.3) is 0 Å². The molecule has 0 spiro atoms. The van der Waals surface area contributed by atoms with E-state index in [2.05, 4.69) is 22.3 Å². The van der Waals surface area contributed by atoms with E-state index in [1.54, 1.807) is 0 Å². The van der Waals surface area contributed by atoms with E-state index in [1.807, 2.05) is 50.2 Å². The van der Waals surface area contributed by atoms with E-state index >= 15 is 0 Å². The van der Waals surface area contributed by atoms with Crippen LogP contribution >= 0.6 is 0 Å². The molecule has 27 heavy (non-hydrogen) atoms. The van der Waals surface area contributed by atoms with Crippen LogP contribution in [-0.2, 0) is 9.53 Å². The lowest BCUT2D eigenvalue weighted by Crippen LogP contribution is -2.44.